The van der Waals surface area contributed by atoms with E-state index in [1.54, 1.807) is 12.2 Å². The summed E-state index contributed by atoms with van der Waals surface area (Å²) >= 11 is 0. The molecule has 3 rings (SSSR count). The highest BCUT2D eigenvalue weighted by molar-refractivity contribution is 6.06. The molecule has 3 aromatic rings. The van der Waals surface area contributed by atoms with Crippen LogP contribution in [0, 0.1) is 6.92 Å². The van der Waals surface area contributed by atoms with Crippen LogP contribution in [-0.2, 0) is 6.61 Å². The lowest BCUT2D eigenvalue weighted by Gasteiger charge is -2.10. The van der Waals surface area contributed by atoms with Gasteiger partial charge < -0.3 is 4.74 Å². The Morgan fingerprint density at radius 2 is 1.59 bits per heavy atom. The summed E-state index contributed by atoms with van der Waals surface area (Å²) in [7, 11) is 0. The molecule has 0 saturated carbocycles. The lowest BCUT2D eigenvalue weighted by molar-refractivity contribution is 0.104. The van der Waals surface area contributed by atoms with Crippen molar-refractivity contribution >= 4 is 11.9 Å². The standard InChI is InChI=1S/C25H22O2/c1-20-16-17-25(27-19-22-13-6-3-7-14-22)23(18-20)24(26)15-9-8-12-21-10-4-2-5-11-21/h2-18H,19H2,1H3/b12-8+,15-9+. The van der Waals surface area contributed by atoms with Crippen LogP contribution in [0.1, 0.15) is 27.0 Å². The van der Waals surface area contributed by atoms with Gasteiger partial charge in [0.25, 0.3) is 0 Å². The van der Waals surface area contributed by atoms with Crippen molar-refractivity contribution in [2.45, 2.75) is 13.5 Å². The summed E-state index contributed by atoms with van der Waals surface area (Å²) in [5.74, 6) is 0.533. The molecular weight excluding hydrogens is 332 g/mol. The zero-order valence-corrected chi connectivity index (χ0v) is 15.3. The normalized spacial score (nSPS) is 11.1. The van der Waals surface area contributed by atoms with E-state index in [1.807, 2.05) is 97.9 Å². The van der Waals surface area contributed by atoms with E-state index in [1.165, 1.54) is 0 Å². The summed E-state index contributed by atoms with van der Waals surface area (Å²) in [6, 6.07) is 25.6. The minimum atomic E-state index is -0.0699. The molecule has 0 fully saturated rings. The number of ether oxygens (including phenoxy) is 1. The van der Waals surface area contributed by atoms with Crippen LogP contribution in [0.3, 0.4) is 0 Å². The molecule has 0 N–H and O–H groups in total. The fourth-order valence-corrected chi connectivity index (χ4v) is 2.66. The molecular formula is C25H22O2. The van der Waals surface area contributed by atoms with Crippen LogP contribution < -0.4 is 4.74 Å². The molecule has 0 saturated heterocycles. The van der Waals surface area contributed by atoms with Crippen molar-refractivity contribution < 1.29 is 9.53 Å². The van der Waals surface area contributed by atoms with Gasteiger partial charge in [-0.2, -0.15) is 0 Å². The first-order valence-electron chi connectivity index (χ1n) is 8.94. The van der Waals surface area contributed by atoms with Gasteiger partial charge in [-0.05, 0) is 36.3 Å². The van der Waals surface area contributed by atoms with Crippen molar-refractivity contribution in [3.63, 3.8) is 0 Å². The molecule has 0 aliphatic rings. The molecule has 0 aliphatic carbocycles. The molecule has 0 unspecified atom stereocenters. The molecule has 0 amide bonds. The molecule has 0 bridgehead atoms. The SMILES string of the molecule is Cc1ccc(OCc2ccccc2)c(C(=O)/C=C/C=C/c2ccccc2)c1. The van der Waals surface area contributed by atoms with Gasteiger partial charge in [-0.3, -0.25) is 4.79 Å². The van der Waals surface area contributed by atoms with Crippen LogP contribution in [0.15, 0.2) is 97.1 Å². The Kier molecular flexibility index (Phi) is 6.37. The molecule has 0 radical (unpaired) electrons. The van der Waals surface area contributed by atoms with Gasteiger partial charge in [0.15, 0.2) is 5.78 Å². The average molecular weight is 354 g/mol. The minimum Gasteiger partial charge on any atom is -0.488 e. The van der Waals surface area contributed by atoms with E-state index in [0.29, 0.717) is 17.9 Å². The number of carbonyl (C=O) groups is 1. The van der Waals surface area contributed by atoms with Crippen LogP contribution in [0.4, 0.5) is 0 Å². The van der Waals surface area contributed by atoms with Gasteiger partial charge in [-0.15, -0.1) is 0 Å². The molecule has 134 valence electrons. The number of hydrogen-bond acceptors (Lipinski definition) is 2. The largest absolute Gasteiger partial charge is 0.488 e. The highest BCUT2D eigenvalue weighted by Gasteiger charge is 2.10. The second-order valence-corrected chi connectivity index (χ2v) is 6.27. The second-order valence-electron chi connectivity index (χ2n) is 6.27. The number of benzene rings is 3. The first kappa shape index (κ1) is 18.4. The first-order valence-corrected chi connectivity index (χ1v) is 8.94. The molecule has 0 spiro atoms. The van der Waals surface area contributed by atoms with Gasteiger partial charge in [0.2, 0.25) is 0 Å². The van der Waals surface area contributed by atoms with Crippen molar-refractivity contribution in [1.29, 1.82) is 0 Å². The summed E-state index contributed by atoms with van der Waals surface area (Å²) in [6.07, 6.45) is 7.17. The molecule has 0 aliphatic heterocycles. The van der Waals surface area contributed by atoms with Crippen LogP contribution in [-0.4, -0.2) is 5.78 Å². The molecule has 0 atom stereocenters. The summed E-state index contributed by atoms with van der Waals surface area (Å²) < 4.78 is 5.90. The van der Waals surface area contributed by atoms with E-state index >= 15 is 0 Å². The van der Waals surface area contributed by atoms with Gasteiger partial charge in [0.05, 0.1) is 5.56 Å². The lowest BCUT2D eigenvalue weighted by Crippen LogP contribution is -2.03. The third-order valence-corrected chi connectivity index (χ3v) is 4.08. The number of carbonyl (C=O) groups excluding carboxylic acids is 1. The van der Waals surface area contributed by atoms with Gasteiger partial charge in [-0.25, -0.2) is 0 Å². The van der Waals surface area contributed by atoms with Crippen molar-refractivity contribution in [3.05, 3.63) is 119 Å². The number of ketones is 1. The fraction of sp³-hybridized carbons (Fsp3) is 0.0800. The number of hydrogen-bond donors (Lipinski definition) is 0. The Morgan fingerprint density at radius 1 is 0.889 bits per heavy atom. The Labute approximate surface area is 160 Å². The Bertz CT molecular complexity index is 939. The average Bonchev–Trinajstić information content (AvgIpc) is 2.71. The third-order valence-electron chi connectivity index (χ3n) is 4.08. The summed E-state index contributed by atoms with van der Waals surface area (Å²) in [6.45, 7) is 2.40. The van der Waals surface area contributed by atoms with Crippen LogP contribution in [0.5, 0.6) is 5.75 Å². The van der Waals surface area contributed by atoms with Crippen LogP contribution >= 0.6 is 0 Å². The first-order chi connectivity index (χ1) is 13.2. The highest BCUT2D eigenvalue weighted by Crippen LogP contribution is 2.22. The van der Waals surface area contributed by atoms with Gasteiger partial charge in [0.1, 0.15) is 12.4 Å². The van der Waals surface area contributed by atoms with Gasteiger partial charge in [-0.1, -0.05) is 90.5 Å². The van der Waals surface area contributed by atoms with E-state index in [9.17, 15) is 4.79 Å². The van der Waals surface area contributed by atoms with Gasteiger partial charge in [0, 0.05) is 0 Å². The molecule has 3 aromatic carbocycles. The Balaban J connectivity index is 1.70. The lowest BCUT2D eigenvalue weighted by atomic mass is 10.1. The fourth-order valence-electron chi connectivity index (χ4n) is 2.66. The maximum atomic E-state index is 12.6. The van der Waals surface area contributed by atoms with E-state index in [4.69, 9.17) is 4.74 Å². The third kappa shape index (κ3) is 5.55. The predicted molar refractivity (Wildman–Crippen MR) is 111 cm³/mol. The molecule has 0 heterocycles. The van der Waals surface area contributed by atoms with E-state index in [2.05, 4.69) is 0 Å². The van der Waals surface area contributed by atoms with Crippen LogP contribution in [0.25, 0.3) is 6.08 Å². The van der Waals surface area contributed by atoms with Crippen molar-refractivity contribution in [2.75, 3.05) is 0 Å². The molecule has 2 nitrogen and oxygen atoms in total. The zero-order chi connectivity index (χ0) is 18.9. The maximum absolute atomic E-state index is 12.6. The monoisotopic (exact) mass is 354 g/mol. The second kappa shape index (κ2) is 9.35. The van der Waals surface area contributed by atoms with E-state index < -0.39 is 0 Å². The number of aryl methyl sites for hydroxylation is 1. The predicted octanol–water partition coefficient (Wildman–Crippen LogP) is 6.03. The molecule has 0 aromatic heterocycles. The van der Waals surface area contributed by atoms with Crippen molar-refractivity contribution in [3.8, 4) is 5.75 Å². The molecule has 27 heavy (non-hydrogen) atoms. The topological polar surface area (TPSA) is 26.3 Å². The maximum Gasteiger partial charge on any atom is 0.189 e. The summed E-state index contributed by atoms with van der Waals surface area (Å²) in [4.78, 5) is 12.6. The smallest absolute Gasteiger partial charge is 0.189 e. The highest BCUT2D eigenvalue weighted by atomic mass is 16.5. The summed E-state index contributed by atoms with van der Waals surface area (Å²) in [5.41, 5.74) is 3.77. The van der Waals surface area contributed by atoms with Crippen molar-refractivity contribution in [2.24, 2.45) is 0 Å². The van der Waals surface area contributed by atoms with Gasteiger partial charge >= 0.3 is 0 Å². The minimum absolute atomic E-state index is 0.0699. The van der Waals surface area contributed by atoms with Crippen molar-refractivity contribution in [1.82, 2.24) is 0 Å². The van der Waals surface area contributed by atoms with E-state index in [-0.39, 0.29) is 5.78 Å². The van der Waals surface area contributed by atoms with E-state index in [0.717, 1.165) is 16.7 Å². The number of allylic oxidation sites excluding steroid dienone is 3. The Morgan fingerprint density at radius 3 is 2.33 bits per heavy atom. The quantitative estimate of drug-likeness (QED) is 0.294. The number of rotatable bonds is 7. The summed E-state index contributed by atoms with van der Waals surface area (Å²) in [5, 5.41) is 0. The zero-order valence-electron chi connectivity index (χ0n) is 15.3. The van der Waals surface area contributed by atoms with Crippen LogP contribution in [0.2, 0.25) is 0 Å². The molecule has 2 heteroatoms. The Hall–Kier alpha value is -3.39.